The van der Waals surface area contributed by atoms with Crippen molar-refractivity contribution in [2.24, 2.45) is 0 Å². The van der Waals surface area contributed by atoms with Crippen molar-refractivity contribution < 1.29 is 0 Å². The van der Waals surface area contributed by atoms with Gasteiger partial charge in [0.1, 0.15) is 12.1 Å². The van der Waals surface area contributed by atoms with E-state index in [9.17, 15) is 0 Å². The van der Waals surface area contributed by atoms with Gasteiger partial charge in [0.25, 0.3) is 0 Å². The second-order valence-electron chi connectivity index (χ2n) is 4.94. The Labute approximate surface area is 115 Å². The van der Waals surface area contributed by atoms with Crippen LogP contribution >= 0.6 is 11.6 Å². The molecule has 0 N–H and O–H groups in total. The SMILES string of the molecule is CCCc1cc(N(CCCCl)C2CCC2)ncn1. The summed E-state index contributed by atoms with van der Waals surface area (Å²) in [5, 5.41) is 0. The molecule has 1 heterocycles. The van der Waals surface area contributed by atoms with Gasteiger partial charge >= 0.3 is 0 Å². The van der Waals surface area contributed by atoms with Crippen molar-refractivity contribution in [2.75, 3.05) is 17.3 Å². The van der Waals surface area contributed by atoms with E-state index >= 15 is 0 Å². The van der Waals surface area contributed by atoms with Crippen molar-refractivity contribution in [2.45, 2.75) is 51.5 Å². The van der Waals surface area contributed by atoms with Crippen molar-refractivity contribution in [1.82, 2.24) is 9.97 Å². The topological polar surface area (TPSA) is 29.0 Å². The molecule has 1 saturated carbocycles. The number of nitrogens with zero attached hydrogens (tertiary/aromatic N) is 3. The molecule has 0 aromatic carbocycles. The van der Waals surface area contributed by atoms with Gasteiger partial charge in [0.15, 0.2) is 0 Å². The molecule has 0 saturated heterocycles. The highest BCUT2D eigenvalue weighted by molar-refractivity contribution is 6.17. The molecule has 4 heteroatoms. The summed E-state index contributed by atoms with van der Waals surface area (Å²) in [7, 11) is 0. The second kappa shape index (κ2) is 6.93. The minimum atomic E-state index is 0.664. The average Bonchev–Trinajstić information content (AvgIpc) is 2.33. The molecule has 1 fully saturated rings. The molecule has 1 aliphatic rings. The van der Waals surface area contributed by atoms with Crippen molar-refractivity contribution in [3.05, 3.63) is 18.1 Å². The number of hydrogen-bond donors (Lipinski definition) is 0. The highest BCUT2D eigenvalue weighted by atomic mass is 35.5. The van der Waals surface area contributed by atoms with E-state index in [4.69, 9.17) is 11.6 Å². The van der Waals surface area contributed by atoms with E-state index in [0.29, 0.717) is 6.04 Å². The third-order valence-electron chi connectivity index (χ3n) is 3.56. The van der Waals surface area contributed by atoms with Crippen LogP contribution in [0.1, 0.15) is 44.7 Å². The summed E-state index contributed by atoms with van der Waals surface area (Å²) < 4.78 is 0. The van der Waals surface area contributed by atoms with Crippen LogP contribution in [0.15, 0.2) is 12.4 Å². The zero-order chi connectivity index (χ0) is 12.8. The fourth-order valence-electron chi connectivity index (χ4n) is 2.35. The summed E-state index contributed by atoms with van der Waals surface area (Å²) in [4.78, 5) is 11.2. The molecule has 0 unspecified atom stereocenters. The maximum atomic E-state index is 5.82. The Morgan fingerprint density at radius 3 is 2.83 bits per heavy atom. The second-order valence-corrected chi connectivity index (χ2v) is 5.32. The summed E-state index contributed by atoms with van der Waals surface area (Å²) in [5.41, 5.74) is 1.15. The summed E-state index contributed by atoms with van der Waals surface area (Å²) in [5.74, 6) is 1.80. The lowest BCUT2D eigenvalue weighted by Crippen LogP contribution is -2.41. The molecule has 0 bridgehead atoms. The predicted molar refractivity (Wildman–Crippen MR) is 76.3 cm³/mol. The smallest absolute Gasteiger partial charge is 0.132 e. The molecular formula is C14H22ClN3. The molecule has 0 atom stereocenters. The van der Waals surface area contributed by atoms with Gasteiger partial charge in [-0.1, -0.05) is 13.3 Å². The molecule has 1 aromatic rings. The summed E-state index contributed by atoms with van der Waals surface area (Å²) >= 11 is 5.82. The highest BCUT2D eigenvalue weighted by Gasteiger charge is 2.25. The Kier molecular flexibility index (Phi) is 5.24. The minimum Gasteiger partial charge on any atom is -0.353 e. The number of aryl methyl sites for hydroxylation is 1. The van der Waals surface area contributed by atoms with Crippen molar-refractivity contribution in [3.63, 3.8) is 0 Å². The van der Waals surface area contributed by atoms with Gasteiger partial charge in [-0.2, -0.15) is 0 Å². The lowest BCUT2D eigenvalue weighted by molar-refractivity contribution is 0.384. The van der Waals surface area contributed by atoms with Crippen LogP contribution in [-0.2, 0) is 6.42 Å². The maximum absolute atomic E-state index is 5.82. The first-order valence-corrected chi connectivity index (χ1v) is 7.52. The van der Waals surface area contributed by atoms with Gasteiger partial charge < -0.3 is 4.90 Å². The van der Waals surface area contributed by atoms with Crippen LogP contribution in [0.2, 0.25) is 0 Å². The largest absolute Gasteiger partial charge is 0.353 e. The summed E-state index contributed by atoms with van der Waals surface area (Å²) in [6.45, 7) is 3.19. The summed E-state index contributed by atoms with van der Waals surface area (Å²) in [6, 6.07) is 2.81. The third-order valence-corrected chi connectivity index (χ3v) is 3.83. The molecule has 18 heavy (non-hydrogen) atoms. The van der Waals surface area contributed by atoms with E-state index in [0.717, 1.165) is 43.2 Å². The standard InChI is InChI=1S/C14H22ClN3/c1-2-5-12-10-14(17-11-16-12)18(9-4-8-15)13-6-3-7-13/h10-11,13H,2-9H2,1H3. The Hall–Kier alpha value is -0.830. The number of anilines is 1. The highest BCUT2D eigenvalue weighted by Crippen LogP contribution is 2.28. The van der Waals surface area contributed by atoms with Crippen LogP contribution in [0.5, 0.6) is 0 Å². The first kappa shape index (κ1) is 13.6. The van der Waals surface area contributed by atoms with E-state index in [2.05, 4.69) is 27.9 Å². The number of halogens is 1. The van der Waals surface area contributed by atoms with Crippen LogP contribution in [0.4, 0.5) is 5.82 Å². The van der Waals surface area contributed by atoms with Crippen molar-refractivity contribution in [1.29, 1.82) is 0 Å². The average molecular weight is 268 g/mol. The number of hydrogen-bond acceptors (Lipinski definition) is 3. The van der Waals surface area contributed by atoms with Gasteiger partial charge in [-0.25, -0.2) is 9.97 Å². The molecule has 2 rings (SSSR count). The molecule has 100 valence electrons. The maximum Gasteiger partial charge on any atom is 0.132 e. The van der Waals surface area contributed by atoms with Crippen LogP contribution in [0.25, 0.3) is 0 Å². The molecule has 3 nitrogen and oxygen atoms in total. The van der Waals surface area contributed by atoms with E-state index < -0.39 is 0 Å². The quantitative estimate of drug-likeness (QED) is 0.709. The summed E-state index contributed by atoms with van der Waals surface area (Å²) in [6.07, 6.45) is 8.79. The molecular weight excluding hydrogens is 246 g/mol. The molecule has 0 radical (unpaired) electrons. The first-order chi connectivity index (χ1) is 8.85. The lowest BCUT2D eigenvalue weighted by atomic mass is 9.91. The Bertz CT molecular complexity index is 366. The Morgan fingerprint density at radius 2 is 2.22 bits per heavy atom. The normalized spacial score (nSPS) is 15.4. The first-order valence-electron chi connectivity index (χ1n) is 6.98. The fourth-order valence-corrected chi connectivity index (χ4v) is 2.47. The van der Waals surface area contributed by atoms with E-state index in [1.165, 1.54) is 19.3 Å². The predicted octanol–water partition coefficient (Wildman–Crippen LogP) is 3.42. The fraction of sp³-hybridized carbons (Fsp3) is 0.714. The Morgan fingerprint density at radius 1 is 1.39 bits per heavy atom. The molecule has 0 aliphatic heterocycles. The van der Waals surface area contributed by atoms with Crippen molar-refractivity contribution >= 4 is 17.4 Å². The van der Waals surface area contributed by atoms with E-state index in [1.807, 2.05) is 0 Å². The zero-order valence-electron chi connectivity index (χ0n) is 11.1. The zero-order valence-corrected chi connectivity index (χ0v) is 11.9. The molecule has 1 aliphatic carbocycles. The van der Waals surface area contributed by atoms with Gasteiger partial charge in [0, 0.05) is 30.2 Å². The van der Waals surface area contributed by atoms with Gasteiger partial charge in [0.2, 0.25) is 0 Å². The molecule has 0 amide bonds. The van der Waals surface area contributed by atoms with Crippen LogP contribution in [0, 0.1) is 0 Å². The van der Waals surface area contributed by atoms with Crippen LogP contribution in [0.3, 0.4) is 0 Å². The third kappa shape index (κ3) is 3.35. The molecule has 1 aromatic heterocycles. The Balaban J connectivity index is 2.10. The van der Waals surface area contributed by atoms with Crippen molar-refractivity contribution in [3.8, 4) is 0 Å². The minimum absolute atomic E-state index is 0.664. The van der Waals surface area contributed by atoms with Crippen LogP contribution in [-0.4, -0.2) is 28.4 Å². The van der Waals surface area contributed by atoms with Gasteiger partial charge in [-0.15, -0.1) is 11.6 Å². The molecule has 0 spiro atoms. The van der Waals surface area contributed by atoms with Gasteiger partial charge in [-0.3, -0.25) is 0 Å². The van der Waals surface area contributed by atoms with Gasteiger partial charge in [0.05, 0.1) is 0 Å². The van der Waals surface area contributed by atoms with Crippen LogP contribution < -0.4 is 4.90 Å². The van der Waals surface area contributed by atoms with E-state index in [-0.39, 0.29) is 0 Å². The van der Waals surface area contributed by atoms with Gasteiger partial charge in [-0.05, 0) is 32.1 Å². The lowest BCUT2D eigenvalue weighted by Gasteiger charge is -2.38. The monoisotopic (exact) mass is 267 g/mol. The number of rotatable bonds is 7. The number of alkyl halides is 1. The van der Waals surface area contributed by atoms with E-state index in [1.54, 1.807) is 6.33 Å². The number of aromatic nitrogens is 2.